The number of fused-ring (bicyclic) bond motifs is 1. The fraction of sp³-hybridized carbons (Fsp3) is 0.125. The van der Waals surface area contributed by atoms with Crippen LogP contribution in [0.5, 0.6) is 0 Å². The van der Waals surface area contributed by atoms with Gasteiger partial charge in [-0.1, -0.05) is 23.8 Å². The smallest absolute Gasteiger partial charge is 0.286 e. The molecule has 3 rings (SSSR count). The molecular weight excluding hydrogens is 282 g/mol. The highest BCUT2D eigenvalue weighted by Gasteiger charge is 2.17. The molecule has 0 saturated heterocycles. The molecule has 6 heteroatoms. The summed E-state index contributed by atoms with van der Waals surface area (Å²) in [5.74, 6) is 0. The molecule has 0 unspecified atom stereocenters. The number of imidazole rings is 1. The van der Waals surface area contributed by atoms with Gasteiger partial charge in [0.2, 0.25) is 0 Å². The first-order chi connectivity index (χ1) is 10.5. The Morgan fingerprint density at radius 2 is 2.00 bits per heavy atom. The van der Waals surface area contributed by atoms with Gasteiger partial charge < -0.3 is 0 Å². The minimum absolute atomic E-state index is 0.0832. The van der Waals surface area contributed by atoms with Crippen LogP contribution in [0.15, 0.2) is 36.5 Å². The summed E-state index contributed by atoms with van der Waals surface area (Å²) in [6.45, 7) is 3.94. The highest BCUT2D eigenvalue weighted by molar-refractivity contribution is 5.87. The van der Waals surface area contributed by atoms with Crippen LogP contribution in [0, 0.1) is 24.0 Å². The summed E-state index contributed by atoms with van der Waals surface area (Å²) in [7, 11) is 0. The van der Waals surface area contributed by atoms with Crippen LogP contribution < -0.4 is 0 Å². The van der Waals surface area contributed by atoms with Crippen LogP contribution in [0.2, 0.25) is 0 Å². The molecule has 3 aromatic rings. The monoisotopic (exact) mass is 295 g/mol. The van der Waals surface area contributed by atoms with Gasteiger partial charge in [0, 0.05) is 11.6 Å². The number of aromatic nitrogens is 2. The number of carbonyl (C=O) groups excluding carboxylic acids is 1. The maximum absolute atomic E-state index is 11.5. The van der Waals surface area contributed by atoms with Crippen molar-refractivity contribution in [2.45, 2.75) is 13.8 Å². The number of hydrogen-bond acceptors (Lipinski definition) is 4. The number of nitrogens with zero attached hydrogens (tertiary/aromatic N) is 3. The van der Waals surface area contributed by atoms with E-state index in [1.165, 1.54) is 22.7 Å². The Bertz CT molecular complexity index is 912. The molecule has 2 aromatic heterocycles. The van der Waals surface area contributed by atoms with E-state index in [-0.39, 0.29) is 5.69 Å². The molecule has 2 heterocycles. The van der Waals surface area contributed by atoms with Crippen LogP contribution in [-0.2, 0) is 0 Å². The van der Waals surface area contributed by atoms with Crippen molar-refractivity contribution in [3.05, 3.63) is 63.5 Å². The molecule has 0 aliphatic heterocycles. The van der Waals surface area contributed by atoms with Crippen LogP contribution in [-0.4, -0.2) is 20.6 Å². The Hall–Kier alpha value is -3.02. The molecule has 0 atom stereocenters. The van der Waals surface area contributed by atoms with E-state index in [1.807, 2.05) is 32.0 Å². The van der Waals surface area contributed by atoms with E-state index in [2.05, 4.69) is 4.98 Å². The molecule has 0 aliphatic rings. The number of pyridine rings is 1. The zero-order valence-electron chi connectivity index (χ0n) is 12.1. The number of aryl methyl sites for hydroxylation is 2. The van der Waals surface area contributed by atoms with Crippen LogP contribution >= 0.6 is 0 Å². The molecular formula is C16H13N3O3. The Balaban J connectivity index is 2.30. The van der Waals surface area contributed by atoms with E-state index >= 15 is 0 Å². The topological polar surface area (TPSA) is 77.5 Å². The van der Waals surface area contributed by atoms with Crippen LogP contribution in [0.4, 0.5) is 5.69 Å². The zero-order chi connectivity index (χ0) is 15.9. The molecule has 0 spiro atoms. The molecule has 0 radical (unpaired) electrons. The molecule has 0 amide bonds. The maximum Gasteiger partial charge on any atom is 0.286 e. The van der Waals surface area contributed by atoms with Crippen molar-refractivity contribution in [3.8, 4) is 11.3 Å². The van der Waals surface area contributed by atoms with Gasteiger partial charge in [-0.25, -0.2) is 4.98 Å². The first-order valence-electron chi connectivity index (χ1n) is 6.70. The third-order valence-corrected chi connectivity index (χ3v) is 3.60. The van der Waals surface area contributed by atoms with Crippen molar-refractivity contribution in [1.29, 1.82) is 0 Å². The van der Waals surface area contributed by atoms with Gasteiger partial charge in [0.1, 0.15) is 17.0 Å². The number of aldehydes is 1. The Morgan fingerprint density at radius 3 is 2.64 bits per heavy atom. The van der Waals surface area contributed by atoms with Gasteiger partial charge in [-0.3, -0.25) is 19.3 Å². The third kappa shape index (κ3) is 2.14. The number of hydrogen-bond donors (Lipinski definition) is 0. The van der Waals surface area contributed by atoms with Gasteiger partial charge in [0.05, 0.1) is 11.1 Å². The lowest BCUT2D eigenvalue weighted by Crippen LogP contribution is -1.96. The average molecular weight is 295 g/mol. The second kappa shape index (κ2) is 5.07. The van der Waals surface area contributed by atoms with E-state index in [9.17, 15) is 14.9 Å². The summed E-state index contributed by atoms with van der Waals surface area (Å²) in [5, 5.41) is 10.9. The van der Waals surface area contributed by atoms with Gasteiger partial charge in [-0.15, -0.1) is 0 Å². The van der Waals surface area contributed by atoms with Crippen molar-refractivity contribution in [2.75, 3.05) is 0 Å². The van der Waals surface area contributed by atoms with E-state index in [0.29, 0.717) is 23.3 Å². The minimum atomic E-state index is -0.495. The fourth-order valence-electron chi connectivity index (χ4n) is 2.55. The molecule has 0 bridgehead atoms. The molecule has 0 fully saturated rings. The van der Waals surface area contributed by atoms with Crippen LogP contribution in [0.1, 0.15) is 21.6 Å². The van der Waals surface area contributed by atoms with Crippen molar-refractivity contribution in [3.63, 3.8) is 0 Å². The highest BCUT2D eigenvalue weighted by Crippen LogP contribution is 2.28. The summed E-state index contributed by atoms with van der Waals surface area (Å²) in [5.41, 5.74) is 4.23. The zero-order valence-corrected chi connectivity index (χ0v) is 12.1. The molecule has 0 aliphatic carbocycles. The van der Waals surface area contributed by atoms with Gasteiger partial charge in [-0.2, -0.15) is 0 Å². The van der Waals surface area contributed by atoms with E-state index in [1.54, 1.807) is 0 Å². The first-order valence-corrected chi connectivity index (χ1v) is 6.70. The number of nitro groups is 1. The number of benzene rings is 1. The molecule has 0 N–H and O–H groups in total. The lowest BCUT2D eigenvalue weighted by atomic mass is 10.0. The predicted molar refractivity (Wildman–Crippen MR) is 82.1 cm³/mol. The van der Waals surface area contributed by atoms with Crippen molar-refractivity contribution in [2.24, 2.45) is 0 Å². The molecule has 0 saturated carbocycles. The van der Waals surface area contributed by atoms with Crippen LogP contribution in [0.3, 0.4) is 0 Å². The summed E-state index contributed by atoms with van der Waals surface area (Å²) in [4.78, 5) is 26.4. The molecule has 22 heavy (non-hydrogen) atoms. The van der Waals surface area contributed by atoms with Crippen molar-refractivity contribution >= 4 is 17.6 Å². The van der Waals surface area contributed by atoms with Crippen molar-refractivity contribution in [1.82, 2.24) is 9.38 Å². The number of carbonyl (C=O) groups is 1. The molecule has 110 valence electrons. The highest BCUT2D eigenvalue weighted by atomic mass is 16.6. The average Bonchev–Trinajstić information content (AvgIpc) is 2.84. The predicted octanol–water partition coefficient (Wildman–Crippen LogP) is 3.34. The van der Waals surface area contributed by atoms with Gasteiger partial charge in [-0.05, 0) is 25.5 Å². The second-order valence-corrected chi connectivity index (χ2v) is 5.15. The van der Waals surface area contributed by atoms with Crippen molar-refractivity contribution < 1.29 is 9.72 Å². The SMILES string of the molecule is Cc1ccc(-c2nc3ccc([N+](=O)[O-])cn3c2C=O)c(C)c1. The van der Waals surface area contributed by atoms with Gasteiger partial charge in [0.15, 0.2) is 6.29 Å². The van der Waals surface area contributed by atoms with Gasteiger partial charge in [0.25, 0.3) is 5.69 Å². The lowest BCUT2D eigenvalue weighted by Gasteiger charge is -2.04. The fourth-order valence-corrected chi connectivity index (χ4v) is 2.55. The van der Waals surface area contributed by atoms with Gasteiger partial charge >= 0.3 is 0 Å². The second-order valence-electron chi connectivity index (χ2n) is 5.15. The summed E-state index contributed by atoms with van der Waals surface area (Å²) >= 11 is 0. The van der Waals surface area contributed by atoms with Crippen LogP contribution in [0.25, 0.3) is 16.9 Å². The minimum Gasteiger partial charge on any atom is -0.296 e. The Labute approximate surface area is 126 Å². The maximum atomic E-state index is 11.5. The summed E-state index contributed by atoms with van der Waals surface area (Å²) in [6, 6.07) is 8.79. The third-order valence-electron chi connectivity index (χ3n) is 3.60. The van der Waals surface area contributed by atoms with E-state index in [4.69, 9.17) is 0 Å². The Morgan fingerprint density at radius 1 is 1.23 bits per heavy atom. The van der Waals surface area contributed by atoms with E-state index in [0.717, 1.165) is 16.7 Å². The number of rotatable bonds is 3. The quantitative estimate of drug-likeness (QED) is 0.422. The molecule has 1 aromatic carbocycles. The lowest BCUT2D eigenvalue weighted by molar-refractivity contribution is -0.385. The standard InChI is InChI=1S/C16H13N3O3/c1-10-3-5-13(11(2)7-10)16-14(9-20)18-8-12(19(21)22)4-6-15(18)17-16/h3-9H,1-2H3. The Kier molecular flexibility index (Phi) is 3.21. The largest absolute Gasteiger partial charge is 0.296 e. The van der Waals surface area contributed by atoms with E-state index < -0.39 is 4.92 Å². The summed E-state index contributed by atoms with van der Waals surface area (Å²) in [6.07, 6.45) is 2.00. The molecule has 6 nitrogen and oxygen atoms in total. The summed E-state index contributed by atoms with van der Waals surface area (Å²) < 4.78 is 1.46. The first kappa shape index (κ1) is 13.9. The normalized spacial score (nSPS) is 10.8.